The van der Waals surface area contributed by atoms with Gasteiger partial charge in [0.1, 0.15) is 17.9 Å². The lowest BCUT2D eigenvalue weighted by molar-refractivity contribution is -0.122. The first-order chi connectivity index (χ1) is 8.06. The highest BCUT2D eigenvalue weighted by Crippen LogP contribution is 2.12. The molecule has 0 bridgehead atoms. The molecule has 0 saturated carbocycles. The number of nitrogens with zero attached hydrogens (tertiary/aromatic N) is 3. The maximum Gasteiger partial charge on any atom is 0.143 e. The summed E-state index contributed by atoms with van der Waals surface area (Å²) in [6, 6.07) is 0.236. The van der Waals surface area contributed by atoms with Crippen LogP contribution in [0.3, 0.4) is 0 Å². The van der Waals surface area contributed by atoms with Gasteiger partial charge >= 0.3 is 0 Å². The number of nitrogens with two attached hydrogens (primary N) is 1. The molecule has 0 aliphatic rings. The van der Waals surface area contributed by atoms with Crippen molar-refractivity contribution in [3.63, 3.8) is 0 Å². The summed E-state index contributed by atoms with van der Waals surface area (Å²) in [7, 11) is 0. The molecule has 0 fully saturated rings. The van der Waals surface area contributed by atoms with Crippen molar-refractivity contribution in [2.24, 2.45) is 11.7 Å². The van der Waals surface area contributed by atoms with Gasteiger partial charge in [-0.1, -0.05) is 6.92 Å². The first-order valence-electron chi connectivity index (χ1n) is 6.17. The van der Waals surface area contributed by atoms with Gasteiger partial charge in [0.15, 0.2) is 0 Å². The van der Waals surface area contributed by atoms with Crippen molar-refractivity contribution in [3.8, 4) is 0 Å². The van der Waals surface area contributed by atoms with E-state index in [9.17, 15) is 4.79 Å². The monoisotopic (exact) mass is 238 g/mol. The number of ketones is 1. The van der Waals surface area contributed by atoms with Crippen LogP contribution in [0.25, 0.3) is 0 Å². The Kier molecular flexibility index (Phi) is 5.28. The third-order valence-electron chi connectivity index (χ3n) is 2.86. The second-order valence-corrected chi connectivity index (χ2v) is 4.69. The van der Waals surface area contributed by atoms with E-state index in [0.717, 1.165) is 18.7 Å². The van der Waals surface area contributed by atoms with Gasteiger partial charge in [0.2, 0.25) is 0 Å². The molecule has 1 atom stereocenters. The highest BCUT2D eigenvalue weighted by molar-refractivity contribution is 5.82. The number of hydrogen-bond acceptors (Lipinski definition) is 4. The Morgan fingerprint density at radius 1 is 1.47 bits per heavy atom. The van der Waals surface area contributed by atoms with E-state index in [1.807, 2.05) is 20.8 Å². The van der Waals surface area contributed by atoms with Crippen molar-refractivity contribution in [3.05, 3.63) is 12.2 Å². The molecule has 5 nitrogen and oxygen atoms in total. The molecule has 0 saturated heterocycles. The molecule has 1 aromatic rings. The molecular weight excluding hydrogens is 216 g/mol. The van der Waals surface area contributed by atoms with Crippen LogP contribution >= 0.6 is 0 Å². The molecular formula is C12H22N4O. The number of carbonyl (C=O) groups excluding carboxylic acids is 1. The zero-order valence-corrected chi connectivity index (χ0v) is 10.9. The third kappa shape index (κ3) is 3.93. The fourth-order valence-corrected chi connectivity index (χ4v) is 1.75. The van der Waals surface area contributed by atoms with Crippen molar-refractivity contribution in [2.45, 2.75) is 46.1 Å². The highest BCUT2D eigenvalue weighted by atomic mass is 16.1. The maximum absolute atomic E-state index is 12.0. The standard InChI is InChI=1S/C12H22N4O/c1-9(2)16-12(14-8-15-16)7-11(17)10(3)5-4-6-13/h8-10H,4-7,13H2,1-3H3. The molecule has 96 valence electrons. The van der Waals surface area contributed by atoms with Crippen molar-refractivity contribution in [1.29, 1.82) is 0 Å². The van der Waals surface area contributed by atoms with Gasteiger partial charge in [0, 0.05) is 12.0 Å². The van der Waals surface area contributed by atoms with E-state index in [4.69, 9.17) is 5.73 Å². The van der Waals surface area contributed by atoms with Gasteiger partial charge in [0.25, 0.3) is 0 Å². The fourth-order valence-electron chi connectivity index (χ4n) is 1.75. The Labute approximate surface area is 102 Å². The minimum atomic E-state index is 0.0517. The summed E-state index contributed by atoms with van der Waals surface area (Å²) >= 11 is 0. The Balaban J connectivity index is 2.58. The molecule has 1 unspecified atom stereocenters. The van der Waals surface area contributed by atoms with Gasteiger partial charge in [-0.15, -0.1) is 0 Å². The Morgan fingerprint density at radius 2 is 2.18 bits per heavy atom. The van der Waals surface area contributed by atoms with Gasteiger partial charge in [-0.25, -0.2) is 9.67 Å². The van der Waals surface area contributed by atoms with Crippen LogP contribution in [0.5, 0.6) is 0 Å². The Morgan fingerprint density at radius 3 is 2.76 bits per heavy atom. The predicted molar refractivity (Wildman–Crippen MR) is 66.6 cm³/mol. The average molecular weight is 238 g/mol. The lowest BCUT2D eigenvalue weighted by Gasteiger charge is -2.11. The Bertz CT molecular complexity index is 359. The van der Waals surface area contributed by atoms with Gasteiger partial charge in [-0.2, -0.15) is 5.10 Å². The summed E-state index contributed by atoms with van der Waals surface area (Å²) in [6.07, 6.45) is 3.62. The number of rotatable bonds is 7. The number of aromatic nitrogens is 3. The van der Waals surface area contributed by atoms with Gasteiger partial charge in [-0.3, -0.25) is 4.79 Å². The lowest BCUT2D eigenvalue weighted by Crippen LogP contribution is -2.19. The molecule has 0 aliphatic carbocycles. The largest absolute Gasteiger partial charge is 0.330 e. The molecule has 0 amide bonds. The van der Waals surface area contributed by atoms with E-state index in [2.05, 4.69) is 10.1 Å². The van der Waals surface area contributed by atoms with Gasteiger partial charge < -0.3 is 5.73 Å². The minimum absolute atomic E-state index is 0.0517. The zero-order chi connectivity index (χ0) is 12.8. The van der Waals surface area contributed by atoms with E-state index in [-0.39, 0.29) is 17.7 Å². The van der Waals surface area contributed by atoms with E-state index < -0.39 is 0 Å². The van der Waals surface area contributed by atoms with Crippen molar-refractivity contribution in [1.82, 2.24) is 14.8 Å². The van der Waals surface area contributed by atoms with Crippen LogP contribution in [-0.4, -0.2) is 27.1 Å². The molecule has 0 aromatic carbocycles. The van der Waals surface area contributed by atoms with E-state index in [0.29, 0.717) is 13.0 Å². The first kappa shape index (κ1) is 13.8. The second-order valence-electron chi connectivity index (χ2n) is 4.69. The van der Waals surface area contributed by atoms with Crippen molar-refractivity contribution in [2.75, 3.05) is 6.54 Å². The molecule has 1 rings (SSSR count). The first-order valence-corrected chi connectivity index (χ1v) is 6.17. The van der Waals surface area contributed by atoms with Crippen LogP contribution in [0.15, 0.2) is 6.33 Å². The van der Waals surface area contributed by atoms with Crippen LogP contribution < -0.4 is 5.73 Å². The quantitative estimate of drug-likeness (QED) is 0.778. The predicted octanol–water partition coefficient (Wildman–Crippen LogP) is 1.35. The second kappa shape index (κ2) is 6.49. The number of hydrogen-bond donors (Lipinski definition) is 1. The molecule has 1 aromatic heterocycles. The molecule has 0 spiro atoms. The summed E-state index contributed by atoms with van der Waals surface area (Å²) in [4.78, 5) is 16.1. The van der Waals surface area contributed by atoms with E-state index in [1.54, 1.807) is 4.68 Å². The lowest BCUT2D eigenvalue weighted by atomic mass is 9.98. The fraction of sp³-hybridized carbons (Fsp3) is 0.750. The molecule has 0 aliphatic heterocycles. The molecule has 1 heterocycles. The number of carbonyl (C=O) groups is 1. The van der Waals surface area contributed by atoms with E-state index >= 15 is 0 Å². The molecule has 0 radical (unpaired) electrons. The van der Waals surface area contributed by atoms with Crippen molar-refractivity contribution < 1.29 is 4.79 Å². The molecule has 5 heteroatoms. The summed E-state index contributed by atoms with van der Waals surface area (Å²) < 4.78 is 1.80. The summed E-state index contributed by atoms with van der Waals surface area (Å²) in [5.74, 6) is 1.02. The Hall–Kier alpha value is -1.23. The summed E-state index contributed by atoms with van der Waals surface area (Å²) in [5, 5.41) is 4.12. The smallest absolute Gasteiger partial charge is 0.143 e. The SMILES string of the molecule is CC(CCCN)C(=O)Cc1ncnn1C(C)C. The normalized spacial score (nSPS) is 13.0. The minimum Gasteiger partial charge on any atom is -0.330 e. The number of Topliss-reactive ketones (excluding diaryl/α,β-unsaturated/α-hetero) is 1. The summed E-state index contributed by atoms with van der Waals surface area (Å²) in [5.41, 5.74) is 5.44. The van der Waals surface area contributed by atoms with Crippen LogP contribution in [0.4, 0.5) is 0 Å². The average Bonchev–Trinajstić information content (AvgIpc) is 2.73. The van der Waals surface area contributed by atoms with Crippen LogP contribution in [0.2, 0.25) is 0 Å². The van der Waals surface area contributed by atoms with Crippen LogP contribution in [0, 0.1) is 5.92 Å². The maximum atomic E-state index is 12.0. The van der Waals surface area contributed by atoms with Crippen LogP contribution in [-0.2, 0) is 11.2 Å². The van der Waals surface area contributed by atoms with Crippen LogP contribution in [0.1, 0.15) is 45.5 Å². The zero-order valence-electron chi connectivity index (χ0n) is 10.9. The molecule has 2 N–H and O–H groups in total. The van der Waals surface area contributed by atoms with E-state index in [1.165, 1.54) is 6.33 Å². The van der Waals surface area contributed by atoms with Crippen molar-refractivity contribution >= 4 is 5.78 Å². The molecule has 17 heavy (non-hydrogen) atoms. The third-order valence-corrected chi connectivity index (χ3v) is 2.86. The van der Waals surface area contributed by atoms with Gasteiger partial charge in [0.05, 0.1) is 6.42 Å². The topological polar surface area (TPSA) is 73.8 Å². The highest BCUT2D eigenvalue weighted by Gasteiger charge is 2.17. The summed E-state index contributed by atoms with van der Waals surface area (Å²) in [6.45, 7) is 6.65. The van der Waals surface area contributed by atoms with Gasteiger partial charge in [-0.05, 0) is 33.2 Å².